The molecule has 0 heterocycles. The van der Waals surface area contributed by atoms with Crippen LogP contribution in [0.1, 0.15) is 36.3 Å². The van der Waals surface area contributed by atoms with Crippen LogP contribution in [0, 0.1) is 0 Å². The van der Waals surface area contributed by atoms with E-state index < -0.39 is 36.0 Å². The molecule has 4 rings (SSSR count). The number of benzene rings is 2. The monoisotopic (exact) mass is 452 g/mol. The van der Waals surface area contributed by atoms with Crippen LogP contribution in [0.25, 0.3) is 11.1 Å². The molecule has 8 heteroatoms. The molecule has 174 valence electrons. The van der Waals surface area contributed by atoms with Crippen molar-refractivity contribution in [1.29, 1.82) is 0 Å². The zero-order valence-corrected chi connectivity index (χ0v) is 18.7. The summed E-state index contributed by atoms with van der Waals surface area (Å²) in [5.41, 5.74) is 3.91. The zero-order chi connectivity index (χ0) is 23.6. The van der Waals surface area contributed by atoms with Crippen molar-refractivity contribution >= 4 is 18.0 Å². The van der Waals surface area contributed by atoms with Gasteiger partial charge in [-0.15, -0.1) is 0 Å². The van der Waals surface area contributed by atoms with Crippen molar-refractivity contribution in [2.45, 2.75) is 36.8 Å². The van der Waals surface area contributed by atoms with E-state index in [4.69, 9.17) is 9.47 Å². The van der Waals surface area contributed by atoms with Crippen molar-refractivity contribution in [2.75, 3.05) is 27.4 Å². The van der Waals surface area contributed by atoms with Crippen LogP contribution in [0.5, 0.6) is 0 Å². The number of amides is 2. The fourth-order valence-corrected chi connectivity index (χ4v) is 4.61. The lowest BCUT2D eigenvalue weighted by Gasteiger charge is -2.31. The Hall–Kier alpha value is -3.39. The number of nitrogens with zero attached hydrogens (tertiary/aromatic N) is 1. The van der Waals surface area contributed by atoms with E-state index >= 15 is 0 Å². The van der Waals surface area contributed by atoms with Crippen LogP contribution < -0.4 is 5.32 Å². The number of hydrogen-bond donors (Lipinski definition) is 2. The average Bonchev–Trinajstić information content (AvgIpc) is 3.52. The Morgan fingerprint density at radius 2 is 1.67 bits per heavy atom. The molecular formula is C25H28N2O6. The van der Waals surface area contributed by atoms with Crippen LogP contribution in [0.2, 0.25) is 0 Å². The van der Waals surface area contributed by atoms with Gasteiger partial charge in [-0.3, -0.25) is 9.59 Å². The van der Waals surface area contributed by atoms with Gasteiger partial charge in [0.2, 0.25) is 5.91 Å². The molecule has 0 spiro atoms. The van der Waals surface area contributed by atoms with Crippen LogP contribution in [0.4, 0.5) is 4.79 Å². The summed E-state index contributed by atoms with van der Waals surface area (Å²) < 4.78 is 10.7. The molecule has 33 heavy (non-hydrogen) atoms. The number of rotatable bonds is 9. The molecule has 0 saturated heterocycles. The Morgan fingerprint density at radius 3 is 2.18 bits per heavy atom. The van der Waals surface area contributed by atoms with Gasteiger partial charge in [0.15, 0.2) is 0 Å². The largest absolute Gasteiger partial charge is 0.481 e. The molecule has 2 aromatic rings. The third-order valence-corrected chi connectivity index (χ3v) is 6.59. The first-order valence-electron chi connectivity index (χ1n) is 11.0. The quantitative estimate of drug-likeness (QED) is 0.606. The number of likely N-dealkylation sites (N-methyl/N-ethyl adjacent to an activating group) is 1. The van der Waals surface area contributed by atoms with Gasteiger partial charge in [-0.25, -0.2) is 4.79 Å². The van der Waals surface area contributed by atoms with Crippen LogP contribution in [0.15, 0.2) is 48.5 Å². The van der Waals surface area contributed by atoms with Crippen LogP contribution in [0.3, 0.4) is 0 Å². The highest BCUT2D eigenvalue weighted by atomic mass is 16.5. The second-order valence-corrected chi connectivity index (χ2v) is 8.67. The van der Waals surface area contributed by atoms with Gasteiger partial charge in [-0.1, -0.05) is 48.5 Å². The third-order valence-electron chi connectivity index (χ3n) is 6.59. The van der Waals surface area contributed by atoms with E-state index in [1.54, 1.807) is 14.2 Å². The van der Waals surface area contributed by atoms with E-state index in [1.807, 2.05) is 48.5 Å². The fourth-order valence-electron chi connectivity index (χ4n) is 4.61. The van der Waals surface area contributed by atoms with Gasteiger partial charge in [0.1, 0.15) is 12.6 Å². The van der Waals surface area contributed by atoms with E-state index in [0.29, 0.717) is 6.61 Å². The predicted molar refractivity (Wildman–Crippen MR) is 121 cm³/mol. The number of carboxylic acid groups (broad SMARTS) is 1. The molecule has 0 radical (unpaired) electrons. The van der Waals surface area contributed by atoms with Gasteiger partial charge in [0, 0.05) is 20.1 Å². The highest BCUT2D eigenvalue weighted by Crippen LogP contribution is 2.44. The Morgan fingerprint density at radius 1 is 1.09 bits per heavy atom. The van der Waals surface area contributed by atoms with E-state index in [0.717, 1.165) is 35.1 Å². The van der Waals surface area contributed by atoms with Crippen molar-refractivity contribution < 1.29 is 29.0 Å². The molecule has 8 nitrogen and oxygen atoms in total. The summed E-state index contributed by atoms with van der Waals surface area (Å²) in [6.45, 7) is 0.442. The minimum absolute atomic E-state index is 0.0806. The number of carboxylic acids is 1. The highest BCUT2D eigenvalue weighted by Gasteiger charge is 2.50. The molecule has 0 aliphatic heterocycles. The maximum absolute atomic E-state index is 13.0. The standard InChI is InChI=1S/C25H28N2O6/c1-27(25(11-12-25)15-32-2)23(30)21(13-22(28)29)26-24(31)33-14-20-18-9-5-3-7-16(18)17-8-4-6-10-19(17)20/h3-10,20-21H,11-15H2,1-2H3,(H,26,31)(H,28,29). The van der Waals surface area contributed by atoms with Gasteiger partial charge in [0.25, 0.3) is 0 Å². The van der Waals surface area contributed by atoms with Crippen LogP contribution >= 0.6 is 0 Å². The molecule has 2 N–H and O–H groups in total. The Kier molecular flexibility index (Phi) is 6.37. The molecule has 2 aliphatic carbocycles. The summed E-state index contributed by atoms with van der Waals surface area (Å²) in [4.78, 5) is 38.5. The lowest BCUT2D eigenvalue weighted by atomic mass is 9.98. The molecule has 2 aromatic carbocycles. The van der Waals surface area contributed by atoms with Crippen molar-refractivity contribution in [1.82, 2.24) is 10.2 Å². The number of hydrogen-bond acceptors (Lipinski definition) is 5. The Balaban J connectivity index is 1.43. The first-order valence-corrected chi connectivity index (χ1v) is 11.0. The van der Waals surface area contributed by atoms with Gasteiger partial charge in [-0.05, 0) is 35.1 Å². The predicted octanol–water partition coefficient (Wildman–Crippen LogP) is 3.01. The molecule has 2 aliphatic rings. The Bertz CT molecular complexity index is 1020. The molecular weight excluding hydrogens is 424 g/mol. The van der Waals surface area contributed by atoms with Crippen LogP contribution in [-0.4, -0.2) is 66.9 Å². The second-order valence-electron chi connectivity index (χ2n) is 8.67. The maximum atomic E-state index is 13.0. The summed E-state index contributed by atoms with van der Waals surface area (Å²) in [6.07, 6.45) is 0.194. The fraction of sp³-hybridized carbons (Fsp3) is 0.400. The molecule has 1 fully saturated rings. The number of nitrogens with one attached hydrogen (secondary N) is 1. The Labute approximate surface area is 192 Å². The van der Waals surface area contributed by atoms with Gasteiger partial charge >= 0.3 is 12.1 Å². The maximum Gasteiger partial charge on any atom is 0.407 e. The normalized spacial score (nSPS) is 16.3. The number of ether oxygens (including phenoxy) is 2. The van der Waals surface area contributed by atoms with Crippen molar-refractivity contribution in [3.05, 3.63) is 59.7 Å². The molecule has 1 unspecified atom stereocenters. The third kappa shape index (κ3) is 4.57. The summed E-state index contributed by atoms with van der Waals surface area (Å²) in [7, 11) is 3.17. The minimum atomic E-state index is -1.22. The van der Waals surface area contributed by atoms with Gasteiger partial charge < -0.3 is 24.8 Å². The molecule has 2 amide bonds. The first-order chi connectivity index (χ1) is 15.9. The molecule has 1 atom stereocenters. The number of aliphatic carboxylic acids is 1. The van der Waals surface area contributed by atoms with E-state index in [2.05, 4.69) is 5.32 Å². The summed E-state index contributed by atoms with van der Waals surface area (Å²) in [5, 5.41) is 11.8. The molecule has 0 aromatic heterocycles. The summed E-state index contributed by atoms with van der Waals surface area (Å²) in [6, 6.07) is 14.7. The first kappa shape index (κ1) is 22.8. The topological polar surface area (TPSA) is 105 Å². The number of alkyl carbamates (subject to hydrolysis) is 1. The van der Waals surface area contributed by atoms with Crippen LogP contribution in [-0.2, 0) is 19.1 Å². The summed E-state index contributed by atoms with van der Waals surface area (Å²) >= 11 is 0. The number of fused-ring (bicyclic) bond motifs is 3. The highest BCUT2D eigenvalue weighted by molar-refractivity contribution is 5.90. The number of carbonyl (C=O) groups excluding carboxylic acids is 2. The van der Waals surface area contributed by atoms with Crippen molar-refractivity contribution in [3.63, 3.8) is 0 Å². The van der Waals surface area contributed by atoms with Crippen molar-refractivity contribution in [2.24, 2.45) is 0 Å². The van der Waals surface area contributed by atoms with Gasteiger partial charge in [-0.2, -0.15) is 0 Å². The minimum Gasteiger partial charge on any atom is -0.481 e. The lowest BCUT2D eigenvalue weighted by molar-refractivity contribution is -0.143. The van der Waals surface area contributed by atoms with E-state index in [-0.39, 0.29) is 12.5 Å². The average molecular weight is 453 g/mol. The zero-order valence-electron chi connectivity index (χ0n) is 18.7. The second kappa shape index (κ2) is 9.23. The van der Waals surface area contributed by atoms with E-state index in [9.17, 15) is 19.5 Å². The van der Waals surface area contributed by atoms with Gasteiger partial charge in [0.05, 0.1) is 18.6 Å². The summed E-state index contributed by atoms with van der Waals surface area (Å²) in [5.74, 6) is -1.78. The number of methoxy groups -OCH3 is 1. The SMILES string of the molecule is COCC1(N(C)C(=O)C(CC(=O)O)NC(=O)OCC2c3ccccc3-c3ccccc32)CC1. The lowest BCUT2D eigenvalue weighted by Crippen LogP contribution is -2.53. The molecule has 0 bridgehead atoms. The smallest absolute Gasteiger partial charge is 0.407 e. The number of carbonyl (C=O) groups is 3. The molecule has 1 saturated carbocycles. The van der Waals surface area contributed by atoms with Crippen molar-refractivity contribution in [3.8, 4) is 11.1 Å². The van der Waals surface area contributed by atoms with E-state index in [1.165, 1.54) is 4.90 Å².